The highest BCUT2D eigenvalue weighted by Crippen LogP contribution is 2.26. The van der Waals surface area contributed by atoms with Crippen LogP contribution in [-0.2, 0) is 6.42 Å². The van der Waals surface area contributed by atoms with Gasteiger partial charge in [0.2, 0.25) is 0 Å². The van der Waals surface area contributed by atoms with Crippen molar-refractivity contribution in [3.8, 4) is 0 Å². The Bertz CT molecular complexity index is 709. The maximum absolute atomic E-state index is 11.3. The minimum Gasteiger partial charge on any atom is -0.377 e. The van der Waals surface area contributed by atoms with Crippen LogP contribution in [0, 0.1) is 17.0 Å². The number of H-pyrrole nitrogens is 1. The fourth-order valence-corrected chi connectivity index (χ4v) is 2.23. The molecule has 1 atom stereocenters. The molecule has 7 heteroatoms. The molecule has 0 aliphatic heterocycles. The molecule has 1 aromatic carbocycles. The van der Waals surface area contributed by atoms with Crippen LogP contribution in [0.2, 0.25) is 0 Å². The third-order valence-corrected chi connectivity index (χ3v) is 3.28. The van der Waals surface area contributed by atoms with Gasteiger partial charge in [-0.3, -0.25) is 20.0 Å². The van der Waals surface area contributed by atoms with Crippen molar-refractivity contribution in [2.24, 2.45) is 0 Å². The van der Waals surface area contributed by atoms with Crippen LogP contribution < -0.4 is 5.32 Å². The quantitative estimate of drug-likeness (QED) is 0.485. The third kappa shape index (κ3) is 3.69. The van der Waals surface area contributed by atoms with Crippen molar-refractivity contribution in [3.63, 3.8) is 0 Å². The minimum absolute atomic E-state index is 0.0374. The van der Waals surface area contributed by atoms with E-state index >= 15 is 0 Å². The van der Waals surface area contributed by atoms with Gasteiger partial charge in [0.1, 0.15) is 5.69 Å². The van der Waals surface area contributed by atoms with E-state index in [2.05, 4.69) is 15.5 Å². The number of rotatable bonds is 6. The standard InChI is InChI=1S/C15H18N4O3/c1-9(6-13-7-10(2)17-18-13)16-14-5-4-12(11(3)20)8-15(14)19(21)22/h4-5,7-9,16H,6H2,1-3H3,(H,17,18). The fourth-order valence-electron chi connectivity index (χ4n) is 2.23. The van der Waals surface area contributed by atoms with Crippen LogP contribution in [0.5, 0.6) is 0 Å². The number of benzene rings is 1. The molecule has 1 unspecified atom stereocenters. The smallest absolute Gasteiger partial charge is 0.293 e. The number of carbonyl (C=O) groups is 1. The molecule has 2 rings (SSSR count). The van der Waals surface area contributed by atoms with Gasteiger partial charge < -0.3 is 5.32 Å². The fraction of sp³-hybridized carbons (Fsp3) is 0.333. The van der Waals surface area contributed by atoms with Crippen molar-refractivity contribution in [2.45, 2.75) is 33.2 Å². The molecule has 0 aliphatic rings. The molecule has 7 nitrogen and oxygen atoms in total. The lowest BCUT2D eigenvalue weighted by Gasteiger charge is -2.14. The largest absolute Gasteiger partial charge is 0.377 e. The number of aryl methyl sites for hydroxylation is 1. The van der Waals surface area contributed by atoms with Gasteiger partial charge in [0, 0.05) is 29.8 Å². The van der Waals surface area contributed by atoms with Crippen LogP contribution >= 0.6 is 0 Å². The summed E-state index contributed by atoms with van der Waals surface area (Å²) < 4.78 is 0. The Morgan fingerprint density at radius 3 is 2.73 bits per heavy atom. The van der Waals surface area contributed by atoms with Crippen LogP contribution in [0.3, 0.4) is 0 Å². The highest BCUT2D eigenvalue weighted by atomic mass is 16.6. The number of hydrogen-bond donors (Lipinski definition) is 2. The lowest BCUT2D eigenvalue weighted by atomic mass is 10.1. The number of ketones is 1. The summed E-state index contributed by atoms with van der Waals surface area (Å²) in [6, 6.07) is 6.36. The predicted molar refractivity (Wildman–Crippen MR) is 83.2 cm³/mol. The van der Waals surface area contributed by atoms with Crippen molar-refractivity contribution in [1.29, 1.82) is 0 Å². The van der Waals surface area contributed by atoms with Crippen molar-refractivity contribution < 1.29 is 9.72 Å². The molecule has 0 saturated carbocycles. The Morgan fingerprint density at radius 1 is 1.45 bits per heavy atom. The van der Waals surface area contributed by atoms with Crippen molar-refractivity contribution >= 4 is 17.2 Å². The summed E-state index contributed by atoms with van der Waals surface area (Å²) >= 11 is 0. The number of aromatic nitrogens is 2. The highest BCUT2D eigenvalue weighted by molar-refractivity contribution is 5.95. The van der Waals surface area contributed by atoms with Gasteiger partial charge in [-0.25, -0.2) is 0 Å². The van der Waals surface area contributed by atoms with E-state index in [1.165, 1.54) is 13.0 Å². The summed E-state index contributed by atoms with van der Waals surface area (Å²) in [5.74, 6) is -0.199. The van der Waals surface area contributed by atoms with E-state index in [4.69, 9.17) is 0 Å². The van der Waals surface area contributed by atoms with Gasteiger partial charge in [-0.05, 0) is 39.0 Å². The van der Waals surface area contributed by atoms with Crippen molar-refractivity contribution in [2.75, 3.05) is 5.32 Å². The molecule has 0 bridgehead atoms. The Hall–Kier alpha value is -2.70. The zero-order valence-electron chi connectivity index (χ0n) is 12.7. The lowest BCUT2D eigenvalue weighted by molar-refractivity contribution is -0.384. The normalized spacial score (nSPS) is 12.0. The van der Waals surface area contributed by atoms with Crippen LogP contribution in [-0.4, -0.2) is 26.9 Å². The van der Waals surface area contributed by atoms with Crippen LogP contribution in [0.15, 0.2) is 24.3 Å². The zero-order valence-corrected chi connectivity index (χ0v) is 12.7. The maximum atomic E-state index is 11.3. The molecule has 116 valence electrons. The van der Waals surface area contributed by atoms with Crippen LogP contribution in [0.25, 0.3) is 0 Å². The SMILES string of the molecule is CC(=O)c1ccc(NC(C)Cc2cc(C)[nH]n2)c([N+](=O)[O-])c1. The van der Waals surface area contributed by atoms with Gasteiger partial charge in [0.25, 0.3) is 5.69 Å². The number of nitro groups is 1. The molecule has 0 fully saturated rings. The second-order valence-electron chi connectivity index (χ2n) is 5.34. The molecule has 2 N–H and O–H groups in total. The highest BCUT2D eigenvalue weighted by Gasteiger charge is 2.18. The molecule has 0 radical (unpaired) electrons. The van der Waals surface area contributed by atoms with E-state index in [0.717, 1.165) is 11.4 Å². The number of anilines is 1. The number of nitrogens with one attached hydrogen (secondary N) is 2. The van der Waals surface area contributed by atoms with Gasteiger partial charge in [-0.1, -0.05) is 0 Å². The summed E-state index contributed by atoms with van der Waals surface area (Å²) in [5.41, 5.74) is 2.49. The average molecular weight is 302 g/mol. The maximum Gasteiger partial charge on any atom is 0.293 e. The second kappa shape index (κ2) is 6.38. The average Bonchev–Trinajstić information content (AvgIpc) is 2.83. The Morgan fingerprint density at radius 2 is 2.18 bits per heavy atom. The first-order chi connectivity index (χ1) is 10.4. The van der Waals surface area contributed by atoms with E-state index in [1.54, 1.807) is 12.1 Å². The first kappa shape index (κ1) is 15.7. The van der Waals surface area contributed by atoms with E-state index < -0.39 is 4.92 Å². The van der Waals surface area contributed by atoms with E-state index in [1.807, 2.05) is 19.9 Å². The number of carbonyl (C=O) groups excluding carboxylic acids is 1. The molecule has 0 aliphatic carbocycles. The summed E-state index contributed by atoms with van der Waals surface area (Å²) in [4.78, 5) is 22.0. The summed E-state index contributed by atoms with van der Waals surface area (Å²) in [5, 5.41) is 21.3. The predicted octanol–water partition coefficient (Wildman–Crippen LogP) is 2.87. The van der Waals surface area contributed by atoms with Crippen LogP contribution in [0.1, 0.15) is 35.6 Å². The molecule has 2 aromatic rings. The van der Waals surface area contributed by atoms with Gasteiger partial charge >= 0.3 is 0 Å². The van der Waals surface area contributed by atoms with Gasteiger partial charge in [0.15, 0.2) is 5.78 Å². The zero-order chi connectivity index (χ0) is 16.3. The van der Waals surface area contributed by atoms with E-state index in [0.29, 0.717) is 17.7 Å². The molecule has 22 heavy (non-hydrogen) atoms. The lowest BCUT2D eigenvalue weighted by Crippen LogP contribution is -2.19. The molecule has 1 aromatic heterocycles. The Labute approximate surface area is 127 Å². The molecular weight excluding hydrogens is 284 g/mol. The topological polar surface area (TPSA) is 101 Å². The molecule has 0 saturated heterocycles. The third-order valence-electron chi connectivity index (χ3n) is 3.28. The second-order valence-corrected chi connectivity index (χ2v) is 5.34. The summed E-state index contributed by atoms with van der Waals surface area (Å²) in [6.07, 6.45) is 0.635. The first-order valence-electron chi connectivity index (χ1n) is 6.93. The summed E-state index contributed by atoms with van der Waals surface area (Å²) in [7, 11) is 0. The monoisotopic (exact) mass is 302 g/mol. The van der Waals surface area contributed by atoms with Crippen molar-refractivity contribution in [3.05, 3.63) is 51.3 Å². The molecular formula is C15H18N4O3. The number of nitrogens with zero attached hydrogens (tertiary/aromatic N) is 2. The molecule has 0 amide bonds. The summed E-state index contributed by atoms with van der Waals surface area (Å²) in [6.45, 7) is 5.22. The Kier molecular flexibility index (Phi) is 4.55. The minimum atomic E-state index is -0.486. The van der Waals surface area contributed by atoms with E-state index in [-0.39, 0.29) is 17.5 Å². The number of nitro benzene ring substituents is 1. The van der Waals surface area contributed by atoms with Crippen LogP contribution in [0.4, 0.5) is 11.4 Å². The number of aromatic amines is 1. The molecule has 0 spiro atoms. The number of hydrogen-bond acceptors (Lipinski definition) is 5. The Balaban J connectivity index is 2.17. The number of Topliss-reactive ketones (excluding diaryl/α,β-unsaturated/α-hetero) is 1. The van der Waals surface area contributed by atoms with Gasteiger partial charge in [-0.2, -0.15) is 5.10 Å². The van der Waals surface area contributed by atoms with Gasteiger partial charge in [-0.15, -0.1) is 0 Å². The van der Waals surface area contributed by atoms with Crippen molar-refractivity contribution in [1.82, 2.24) is 10.2 Å². The molecule has 1 heterocycles. The van der Waals surface area contributed by atoms with Gasteiger partial charge in [0.05, 0.1) is 10.6 Å². The first-order valence-corrected chi connectivity index (χ1v) is 6.93. The van der Waals surface area contributed by atoms with E-state index in [9.17, 15) is 14.9 Å².